The van der Waals surface area contributed by atoms with Crippen molar-refractivity contribution in [3.05, 3.63) is 34.1 Å². The summed E-state index contributed by atoms with van der Waals surface area (Å²) in [5, 5.41) is 5.95. The minimum absolute atomic E-state index is 0.00891. The Labute approximate surface area is 122 Å². The van der Waals surface area contributed by atoms with E-state index in [1.807, 2.05) is 20.8 Å². The second-order valence-corrected chi connectivity index (χ2v) is 6.09. The average molecular weight is 331 g/mol. The molecule has 1 rings (SSSR count). The second-order valence-electron chi connectivity index (χ2n) is 5.23. The molecule has 0 aromatic heterocycles. The molecule has 0 saturated carbocycles. The molecule has 1 aromatic carbocycles. The van der Waals surface area contributed by atoms with Gasteiger partial charge >= 0.3 is 0 Å². The SMILES string of the molecule is CNC(=O)C(C)(C)CNC(C)c1ccc(F)cc1Br. The van der Waals surface area contributed by atoms with E-state index in [1.165, 1.54) is 12.1 Å². The molecule has 0 aliphatic heterocycles. The van der Waals surface area contributed by atoms with E-state index in [9.17, 15) is 9.18 Å². The van der Waals surface area contributed by atoms with Crippen LogP contribution in [0.5, 0.6) is 0 Å². The third kappa shape index (κ3) is 4.28. The molecule has 0 bridgehead atoms. The summed E-state index contributed by atoms with van der Waals surface area (Å²) < 4.78 is 13.8. The summed E-state index contributed by atoms with van der Waals surface area (Å²) in [5.41, 5.74) is 0.476. The normalized spacial score (nSPS) is 13.2. The van der Waals surface area contributed by atoms with E-state index < -0.39 is 5.41 Å². The van der Waals surface area contributed by atoms with Crippen LogP contribution in [0.4, 0.5) is 4.39 Å². The van der Waals surface area contributed by atoms with Crippen molar-refractivity contribution in [1.82, 2.24) is 10.6 Å². The van der Waals surface area contributed by atoms with Crippen molar-refractivity contribution in [3.8, 4) is 0 Å². The van der Waals surface area contributed by atoms with Crippen molar-refractivity contribution in [2.24, 2.45) is 5.41 Å². The Morgan fingerprint density at radius 2 is 2.11 bits per heavy atom. The highest BCUT2D eigenvalue weighted by molar-refractivity contribution is 9.10. The Morgan fingerprint density at radius 3 is 2.63 bits per heavy atom. The summed E-state index contributed by atoms with van der Waals surface area (Å²) in [6.45, 7) is 6.28. The first-order chi connectivity index (χ1) is 8.77. The molecule has 5 heteroatoms. The maximum atomic E-state index is 13.0. The second kappa shape index (κ2) is 6.48. The third-order valence-electron chi connectivity index (χ3n) is 3.12. The molecule has 0 aliphatic rings. The van der Waals surface area contributed by atoms with Crippen LogP contribution in [0, 0.1) is 11.2 Å². The van der Waals surface area contributed by atoms with E-state index in [0.29, 0.717) is 6.54 Å². The van der Waals surface area contributed by atoms with Gasteiger partial charge in [-0.15, -0.1) is 0 Å². The van der Waals surface area contributed by atoms with E-state index in [1.54, 1.807) is 13.1 Å². The van der Waals surface area contributed by atoms with Crippen molar-refractivity contribution < 1.29 is 9.18 Å². The fourth-order valence-corrected chi connectivity index (χ4v) is 2.48. The molecule has 1 aromatic rings. The van der Waals surface area contributed by atoms with E-state index in [2.05, 4.69) is 26.6 Å². The van der Waals surface area contributed by atoms with Gasteiger partial charge in [0.15, 0.2) is 0 Å². The van der Waals surface area contributed by atoms with Gasteiger partial charge in [-0.1, -0.05) is 22.0 Å². The number of amides is 1. The van der Waals surface area contributed by atoms with Gasteiger partial charge in [-0.3, -0.25) is 4.79 Å². The van der Waals surface area contributed by atoms with Gasteiger partial charge in [0.2, 0.25) is 5.91 Å². The summed E-state index contributed by atoms with van der Waals surface area (Å²) in [6, 6.07) is 4.64. The number of carbonyl (C=O) groups excluding carboxylic acids is 1. The molecular weight excluding hydrogens is 311 g/mol. The van der Waals surface area contributed by atoms with Crippen molar-refractivity contribution >= 4 is 21.8 Å². The van der Waals surface area contributed by atoms with Crippen LogP contribution >= 0.6 is 15.9 Å². The van der Waals surface area contributed by atoms with Crippen molar-refractivity contribution in [3.63, 3.8) is 0 Å². The molecule has 106 valence electrons. The highest BCUT2D eigenvalue weighted by atomic mass is 79.9. The molecule has 0 saturated heterocycles. The van der Waals surface area contributed by atoms with E-state index in [4.69, 9.17) is 0 Å². The van der Waals surface area contributed by atoms with Crippen LogP contribution in [-0.4, -0.2) is 19.5 Å². The lowest BCUT2D eigenvalue weighted by Crippen LogP contribution is -2.42. The van der Waals surface area contributed by atoms with E-state index in [0.717, 1.165) is 10.0 Å². The molecule has 0 heterocycles. The molecule has 0 radical (unpaired) electrons. The number of hydrogen-bond donors (Lipinski definition) is 2. The molecular formula is C14H20BrFN2O. The lowest BCUT2D eigenvalue weighted by atomic mass is 9.91. The van der Waals surface area contributed by atoms with Crippen molar-refractivity contribution in [1.29, 1.82) is 0 Å². The fourth-order valence-electron chi connectivity index (χ4n) is 1.79. The quantitative estimate of drug-likeness (QED) is 0.871. The van der Waals surface area contributed by atoms with Gasteiger partial charge in [-0.25, -0.2) is 4.39 Å². The van der Waals surface area contributed by atoms with Crippen LogP contribution < -0.4 is 10.6 Å². The Bertz CT molecular complexity index is 463. The lowest BCUT2D eigenvalue weighted by Gasteiger charge is -2.26. The molecule has 0 spiro atoms. The zero-order chi connectivity index (χ0) is 14.6. The van der Waals surface area contributed by atoms with Gasteiger partial charge in [-0.2, -0.15) is 0 Å². The van der Waals surface area contributed by atoms with Gasteiger partial charge in [0, 0.05) is 24.1 Å². The van der Waals surface area contributed by atoms with Crippen LogP contribution in [0.1, 0.15) is 32.4 Å². The first-order valence-corrected chi connectivity index (χ1v) is 6.97. The molecule has 2 N–H and O–H groups in total. The summed E-state index contributed by atoms with van der Waals surface area (Å²) in [4.78, 5) is 11.7. The van der Waals surface area contributed by atoms with Gasteiger partial charge in [0.05, 0.1) is 5.41 Å². The number of nitrogens with one attached hydrogen (secondary N) is 2. The zero-order valence-corrected chi connectivity index (χ0v) is 13.3. The highest BCUT2D eigenvalue weighted by Gasteiger charge is 2.27. The minimum atomic E-state index is -0.491. The fraction of sp³-hybridized carbons (Fsp3) is 0.500. The van der Waals surface area contributed by atoms with E-state index in [-0.39, 0.29) is 17.8 Å². The Morgan fingerprint density at radius 1 is 1.47 bits per heavy atom. The maximum Gasteiger partial charge on any atom is 0.226 e. The molecule has 1 unspecified atom stereocenters. The number of benzene rings is 1. The summed E-state index contributed by atoms with van der Waals surface area (Å²) in [5.74, 6) is -0.279. The van der Waals surface area contributed by atoms with Crippen molar-refractivity contribution in [2.45, 2.75) is 26.8 Å². The summed E-state index contributed by atoms with van der Waals surface area (Å²) >= 11 is 3.35. The number of carbonyl (C=O) groups is 1. The van der Waals surface area contributed by atoms with Crippen LogP contribution in [0.25, 0.3) is 0 Å². The first-order valence-electron chi connectivity index (χ1n) is 6.18. The molecule has 1 atom stereocenters. The standard InChI is InChI=1S/C14H20BrFN2O/c1-9(11-6-5-10(16)7-12(11)15)18-8-14(2,3)13(19)17-4/h5-7,9,18H,8H2,1-4H3,(H,17,19). The highest BCUT2D eigenvalue weighted by Crippen LogP contribution is 2.25. The minimum Gasteiger partial charge on any atom is -0.359 e. The first kappa shape index (κ1) is 16.1. The Balaban J connectivity index is 2.70. The predicted octanol–water partition coefficient (Wildman–Crippen LogP) is 3.01. The van der Waals surface area contributed by atoms with Crippen LogP contribution in [0.3, 0.4) is 0 Å². The van der Waals surface area contributed by atoms with Gasteiger partial charge in [0.1, 0.15) is 5.82 Å². The molecule has 0 aliphatic carbocycles. The zero-order valence-electron chi connectivity index (χ0n) is 11.7. The van der Waals surface area contributed by atoms with Crippen LogP contribution in [0.2, 0.25) is 0 Å². The van der Waals surface area contributed by atoms with Gasteiger partial charge < -0.3 is 10.6 Å². The lowest BCUT2D eigenvalue weighted by molar-refractivity contribution is -0.128. The summed E-state index contributed by atoms with van der Waals surface area (Å²) in [7, 11) is 1.63. The smallest absolute Gasteiger partial charge is 0.226 e. The predicted molar refractivity (Wildman–Crippen MR) is 78.4 cm³/mol. The number of rotatable bonds is 5. The van der Waals surface area contributed by atoms with Crippen LogP contribution in [-0.2, 0) is 4.79 Å². The van der Waals surface area contributed by atoms with Gasteiger partial charge in [0.25, 0.3) is 0 Å². The van der Waals surface area contributed by atoms with Crippen LogP contribution in [0.15, 0.2) is 22.7 Å². The Kier molecular flexibility index (Phi) is 5.50. The average Bonchev–Trinajstić information content (AvgIpc) is 2.35. The van der Waals surface area contributed by atoms with E-state index >= 15 is 0 Å². The van der Waals surface area contributed by atoms with Gasteiger partial charge in [-0.05, 0) is 38.5 Å². The maximum absolute atomic E-state index is 13.0. The largest absolute Gasteiger partial charge is 0.359 e. The monoisotopic (exact) mass is 330 g/mol. The number of hydrogen-bond acceptors (Lipinski definition) is 2. The molecule has 19 heavy (non-hydrogen) atoms. The number of halogens is 2. The molecule has 3 nitrogen and oxygen atoms in total. The Hall–Kier alpha value is -0.940. The topological polar surface area (TPSA) is 41.1 Å². The summed E-state index contributed by atoms with van der Waals surface area (Å²) in [6.07, 6.45) is 0. The van der Waals surface area contributed by atoms with Crippen molar-refractivity contribution in [2.75, 3.05) is 13.6 Å². The third-order valence-corrected chi connectivity index (χ3v) is 3.81. The molecule has 1 amide bonds. The molecule has 0 fully saturated rings.